The van der Waals surface area contributed by atoms with Crippen LogP contribution in [0.2, 0.25) is 0 Å². The van der Waals surface area contributed by atoms with Gasteiger partial charge in [-0.15, -0.1) is 5.10 Å². The lowest BCUT2D eigenvalue weighted by Crippen LogP contribution is -2.14. The molecule has 0 aromatic carbocycles. The van der Waals surface area contributed by atoms with E-state index >= 15 is 0 Å². The van der Waals surface area contributed by atoms with E-state index in [1.165, 1.54) is 0 Å². The van der Waals surface area contributed by atoms with Crippen molar-refractivity contribution < 1.29 is 0 Å². The van der Waals surface area contributed by atoms with Gasteiger partial charge >= 0.3 is 0 Å². The van der Waals surface area contributed by atoms with Crippen molar-refractivity contribution >= 4 is 6.01 Å². The van der Waals surface area contributed by atoms with E-state index in [1.807, 2.05) is 19.9 Å². The van der Waals surface area contributed by atoms with Gasteiger partial charge in [0.25, 0.3) is 0 Å². The Bertz CT molecular complexity index is 89.8. The third kappa shape index (κ3) is 2.37. The molecule has 0 aliphatic heterocycles. The predicted octanol–water partition coefficient (Wildman–Crippen LogP) is 0.996. The molecule has 46 valence electrons. The fourth-order valence-corrected chi connectivity index (χ4v) is 0.436. The zero-order valence-corrected chi connectivity index (χ0v) is 5.31. The van der Waals surface area contributed by atoms with Crippen LogP contribution in [0.3, 0.4) is 0 Å². The fraction of sp³-hybridized carbons (Fsp3) is 0.800. The Hall–Kier alpha value is -0.820. The molecule has 0 atom stereocenters. The Morgan fingerprint density at radius 2 is 2.00 bits per heavy atom. The quantitative estimate of drug-likeness (QED) is 0.430. The molecule has 0 saturated carbocycles. The van der Waals surface area contributed by atoms with Gasteiger partial charge in [-0.3, -0.25) is 5.01 Å². The van der Waals surface area contributed by atoms with Crippen molar-refractivity contribution in [2.24, 2.45) is 5.10 Å². The van der Waals surface area contributed by atoms with Crippen molar-refractivity contribution in [1.82, 2.24) is 5.01 Å². The molecular weight excluding hydrogens is 102 g/mol. The summed E-state index contributed by atoms with van der Waals surface area (Å²) in [5.41, 5.74) is 0. The van der Waals surface area contributed by atoms with Crippen LogP contribution in [0.25, 0.3) is 0 Å². The van der Waals surface area contributed by atoms with Gasteiger partial charge in [-0.25, -0.2) is 5.41 Å². The third-order valence-electron chi connectivity index (χ3n) is 0.921. The zero-order chi connectivity index (χ0) is 6.41. The van der Waals surface area contributed by atoms with Gasteiger partial charge in [0, 0.05) is 13.1 Å². The molecule has 0 spiro atoms. The molecule has 0 fully saturated rings. The normalized spacial score (nSPS) is 7.75. The van der Waals surface area contributed by atoms with Crippen LogP contribution >= 0.6 is 0 Å². The Balaban J connectivity index is 3.52. The summed E-state index contributed by atoms with van der Waals surface area (Å²) in [4.78, 5) is 0. The van der Waals surface area contributed by atoms with Crippen LogP contribution in [0, 0.1) is 5.41 Å². The molecule has 3 nitrogen and oxygen atoms in total. The standard InChI is InChI=1S/C5H11N3/c1-3-8(4-2)7-5-6/h6H,3-4H2,1-2H3. The van der Waals surface area contributed by atoms with Crippen molar-refractivity contribution in [1.29, 1.82) is 5.41 Å². The van der Waals surface area contributed by atoms with Crippen molar-refractivity contribution in [3.05, 3.63) is 0 Å². The van der Waals surface area contributed by atoms with Gasteiger partial charge in [0.15, 0.2) is 0 Å². The number of rotatable bonds is 3. The van der Waals surface area contributed by atoms with E-state index in [0.29, 0.717) is 0 Å². The van der Waals surface area contributed by atoms with Gasteiger partial charge in [-0.1, -0.05) is 0 Å². The van der Waals surface area contributed by atoms with Crippen LogP contribution in [0.15, 0.2) is 5.10 Å². The molecule has 0 saturated heterocycles. The summed E-state index contributed by atoms with van der Waals surface area (Å²) in [5, 5.41) is 11.8. The van der Waals surface area contributed by atoms with Gasteiger partial charge in [0.2, 0.25) is 0 Å². The highest BCUT2D eigenvalue weighted by Crippen LogP contribution is 1.82. The summed E-state index contributed by atoms with van der Waals surface area (Å²) in [6.45, 7) is 5.68. The second-order valence-electron chi connectivity index (χ2n) is 1.35. The first kappa shape index (κ1) is 7.18. The molecule has 0 aromatic heterocycles. The largest absolute Gasteiger partial charge is 0.288 e. The van der Waals surface area contributed by atoms with Gasteiger partial charge < -0.3 is 0 Å². The second kappa shape index (κ2) is 4.34. The summed E-state index contributed by atoms with van der Waals surface area (Å²) in [7, 11) is 0. The van der Waals surface area contributed by atoms with E-state index in [2.05, 4.69) is 5.10 Å². The van der Waals surface area contributed by atoms with Gasteiger partial charge in [-0.05, 0) is 13.8 Å². The molecule has 8 heavy (non-hydrogen) atoms. The number of hydrazone groups is 1. The van der Waals surface area contributed by atoms with Crippen LogP contribution in [-0.2, 0) is 0 Å². The number of hydrogen-bond acceptors (Lipinski definition) is 3. The Kier molecular flexibility index (Phi) is 3.90. The monoisotopic (exact) mass is 113 g/mol. The van der Waals surface area contributed by atoms with Crippen molar-refractivity contribution in [2.75, 3.05) is 13.1 Å². The average molecular weight is 113 g/mol. The predicted molar refractivity (Wildman–Crippen MR) is 33.1 cm³/mol. The molecule has 0 aliphatic rings. The first-order valence-corrected chi connectivity index (χ1v) is 2.72. The second-order valence-corrected chi connectivity index (χ2v) is 1.35. The molecule has 0 amide bonds. The highest BCUT2D eigenvalue weighted by molar-refractivity contribution is 5.34. The van der Waals surface area contributed by atoms with Gasteiger partial charge in [0.1, 0.15) is 6.01 Å². The molecule has 0 radical (unpaired) electrons. The molecule has 0 aromatic rings. The molecule has 3 heteroatoms. The Morgan fingerprint density at radius 3 is 2.12 bits per heavy atom. The molecular formula is C5H11N3. The van der Waals surface area contributed by atoms with Crippen molar-refractivity contribution in [3.63, 3.8) is 0 Å². The van der Waals surface area contributed by atoms with E-state index in [9.17, 15) is 0 Å². The maximum absolute atomic E-state index is 6.48. The number of hydrogen-bond donors (Lipinski definition) is 1. The fourth-order valence-electron chi connectivity index (χ4n) is 0.436. The summed E-state index contributed by atoms with van der Waals surface area (Å²) in [6.07, 6.45) is 0. The topological polar surface area (TPSA) is 39.5 Å². The lowest BCUT2D eigenvalue weighted by Gasteiger charge is -2.09. The maximum atomic E-state index is 6.48. The first-order valence-electron chi connectivity index (χ1n) is 2.72. The molecule has 0 unspecified atom stereocenters. The van der Waals surface area contributed by atoms with Crippen LogP contribution in [0.4, 0.5) is 0 Å². The van der Waals surface area contributed by atoms with Gasteiger partial charge in [-0.2, -0.15) is 0 Å². The highest BCUT2D eigenvalue weighted by atomic mass is 15.4. The third-order valence-corrected chi connectivity index (χ3v) is 0.921. The molecule has 0 aliphatic carbocycles. The molecule has 0 rings (SSSR count). The maximum Gasteiger partial charge on any atom is 0.111 e. The number of nitrogens with zero attached hydrogens (tertiary/aromatic N) is 2. The van der Waals surface area contributed by atoms with E-state index in [-0.39, 0.29) is 0 Å². The molecule has 0 bridgehead atoms. The Labute approximate surface area is 49.5 Å². The molecule has 1 N–H and O–H groups in total. The average Bonchev–Trinajstić information content (AvgIpc) is 1.83. The van der Waals surface area contributed by atoms with Crippen molar-refractivity contribution in [3.8, 4) is 0 Å². The highest BCUT2D eigenvalue weighted by Gasteiger charge is 1.86. The summed E-state index contributed by atoms with van der Waals surface area (Å²) >= 11 is 0. The van der Waals surface area contributed by atoms with Crippen LogP contribution < -0.4 is 0 Å². The minimum atomic E-state index is 0.850. The van der Waals surface area contributed by atoms with E-state index < -0.39 is 0 Å². The first-order chi connectivity index (χ1) is 3.85. The van der Waals surface area contributed by atoms with Crippen molar-refractivity contribution in [2.45, 2.75) is 13.8 Å². The lowest BCUT2D eigenvalue weighted by atomic mass is 10.6. The van der Waals surface area contributed by atoms with E-state index in [4.69, 9.17) is 5.41 Å². The van der Waals surface area contributed by atoms with Crippen LogP contribution in [0.1, 0.15) is 13.8 Å². The summed E-state index contributed by atoms with van der Waals surface area (Å²) in [6, 6.07) is 1.97. The summed E-state index contributed by atoms with van der Waals surface area (Å²) in [5.74, 6) is 0. The van der Waals surface area contributed by atoms with Gasteiger partial charge in [0.05, 0.1) is 0 Å². The SMILES string of the molecule is CCN(CC)N=C=N. The molecule has 0 heterocycles. The van der Waals surface area contributed by atoms with E-state index in [0.717, 1.165) is 13.1 Å². The summed E-state index contributed by atoms with van der Waals surface area (Å²) < 4.78 is 0. The smallest absolute Gasteiger partial charge is 0.111 e. The zero-order valence-electron chi connectivity index (χ0n) is 5.31. The van der Waals surface area contributed by atoms with Crippen LogP contribution in [-0.4, -0.2) is 24.1 Å². The lowest BCUT2D eigenvalue weighted by molar-refractivity contribution is 0.323. The minimum Gasteiger partial charge on any atom is -0.288 e. The minimum absolute atomic E-state index is 0.850. The number of nitrogens with one attached hydrogen (secondary N) is 1. The van der Waals surface area contributed by atoms with Crippen LogP contribution in [0.5, 0.6) is 0 Å². The Morgan fingerprint density at radius 1 is 1.50 bits per heavy atom. The van der Waals surface area contributed by atoms with E-state index in [1.54, 1.807) is 5.01 Å².